The van der Waals surface area contributed by atoms with E-state index in [0.29, 0.717) is 12.6 Å². The molecule has 0 bridgehead atoms. The van der Waals surface area contributed by atoms with Crippen molar-refractivity contribution in [1.82, 2.24) is 5.32 Å². The number of benzene rings is 1. The van der Waals surface area contributed by atoms with Crippen LogP contribution in [0.25, 0.3) is 0 Å². The van der Waals surface area contributed by atoms with E-state index >= 15 is 0 Å². The number of hydrogen-bond acceptors (Lipinski definition) is 4. The van der Waals surface area contributed by atoms with Crippen LogP contribution in [0.2, 0.25) is 5.02 Å². The number of methoxy groups -OCH3 is 1. The fourth-order valence-electron chi connectivity index (χ4n) is 2.27. The van der Waals surface area contributed by atoms with Crippen molar-refractivity contribution in [2.75, 3.05) is 38.3 Å². The molecule has 0 radical (unpaired) electrons. The molecule has 0 fully saturated rings. The van der Waals surface area contributed by atoms with Crippen molar-refractivity contribution in [3.05, 3.63) is 28.8 Å². The summed E-state index contributed by atoms with van der Waals surface area (Å²) in [6, 6.07) is 6.36. The summed E-state index contributed by atoms with van der Waals surface area (Å²) in [5.74, 6) is 0. The largest absolute Gasteiger partial charge is 0.396 e. The second-order valence-corrected chi connectivity index (χ2v) is 5.74. The molecule has 0 aromatic heterocycles. The van der Waals surface area contributed by atoms with Crippen LogP contribution in [0.5, 0.6) is 0 Å². The molecule has 4 nitrogen and oxygen atoms in total. The molecule has 0 unspecified atom stereocenters. The van der Waals surface area contributed by atoms with E-state index in [1.807, 2.05) is 12.1 Å². The van der Waals surface area contributed by atoms with E-state index < -0.39 is 0 Å². The van der Waals surface area contributed by atoms with Gasteiger partial charge in [0.15, 0.2) is 0 Å². The highest BCUT2D eigenvalue weighted by Gasteiger charge is 2.14. The predicted molar refractivity (Wildman–Crippen MR) is 89.2 cm³/mol. The third-order valence-corrected chi connectivity index (χ3v) is 3.56. The lowest BCUT2D eigenvalue weighted by atomic mass is 10.1. The van der Waals surface area contributed by atoms with Crippen LogP contribution in [-0.4, -0.2) is 44.6 Å². The molecule has 0 aliphatic heterocycles. The molecule has 2 N–H and O–H groups in total. The Labute approximate surface area is 133 Å². The minimum atomic E-state index is 0.207. The number of halogens is 1. The number of ether oxygens (including phenoxy) is 1. The molecular formula is C16H27ClN2O2. The highest BCUT2D eigenvalue weighted by atomic mass is 35.5. The molecule has 0 spiro atoms. The Kier molecular flexibility index (Phi) is 8.69. The second-order valence-electron chi connectivity index (χ2n) is 5.31. The average Bonchev–Trinajstić information content (AvgIpc) is 2.45. The fraction of sp³-hybridized carbons (Fsp3) is 0.625. The first-order valence-corrected chi connectivity index (χ1v) is 7.83. The summed E-state index contributed by atoms with van der Waals surface area (Å²) in [6.45, 7) is 7.61. The van der Waals surface area contributed by atoms with E-state index in [-0.39, 0.29) is 6.61 Å². The Hall–Kier alpha value is -0.810. The molecule has 0 atom stereocenters. The van der Waals surface area contributed by atoms with Gasteiger partial charge in [-0.15, -0.1) is 0 Å². The van der Waals surface area contributed by atoms with E-state index in [1.54, 1.807) is 7.11 Å². The van der Waals surface area contributed by atoms with Crippen LogP contribution in [0.3, 0.4) is 0 Å². The molecule has 0 aliphatic carbocycles. The van der Waals surface area contributed by atoms with Crippen LogP contribution in [0.15, 0.2) is 18.2 Å². The molecular weight excluding hydrogens is 288 g/mol. The minimum absolute atomic E-state index is 0.207. The highest BCUT2D eigenvalue weighted by Crippen LogP contribution is 2.26. The van der Waals surface area contributed by atoms with Crippen LogP contribution >= 0.6 is 11.6 Å². The second kappa shape index (κ2) is 10.0. The van der Waals surface area contributed by atoms with Crippen molar-refractivity contribution < 1.29 is 9.84 Å². The number of nitrogens with one attached hydrogen (secondary N) is 1. The molecule has 0 aliphatic rings. The SMILES string of the molecule is COCCNCc1cc(Cl)ccc1N(CCCO)C(C)C. The fourth-order valence-corrected chi connectivity index (χ4v) is 2.47. The van der Waals surface area contributed by atoms with Crippen molar-refractivity contribution in [3.8, 4) is 0 Å². The van der Waals surface area contributed by atoms with Crippen LogP contribution in [0.4, 0.5) is 5.69 Å². The van der Waals surface area contributed by atoms with Crippen molar-refractivity contribution in [2.24, 2.45) is 0 Å². The van der Waals surface area contributed by atoms with Gasteiger partial charge < -0.3 is 20.1 Å². The van der Waals surface area contributed by atoms with Crippen molar-refractivity contribution in [1.29, 1.82) is 0 Å². The monoisotopic (exact) mass is 314 g/mol. The zero-order chi connectivity index (χ0) is 15.7. The molecule has 21 heavy (non-hydrogen) atoms. The summed E-state index contributed by atoms with van der Waals surface area (Å²) in [4.78, 5) is 2.31. The lowest BCUT2D eigenvalue weighted by molar-refractivity contribution is 0.199. The Balaban J connectivity index is 2.86. The van der Waals surface area contributed by atoms with Crippen molar-refractivity contribution >= 4 is 17.3 Å². The number of aliphatic hydroxyl groups is 1. The lowest BCUT2D eigenvalue weighted by Crippen LogP contribution is -2.33. The van der Waals surface area contributed by atoms with E-state index in [9.17, 15) is 0 Å². The molecule has 0 heterocycles. The van der Waals surface area contributed by atoms with E-state index in [2.05, 4.69) is 30.1 Å². The summed E-state index contributed by atoms with van der Waals surface area (Å²) in [7, 11) is 1.70. The van der Waals surface area contributed by atoms with Crippen LogP contribution in [-0.2, 0) is 11.3 Å². The van der Waals surface area contributed by atoms with Crippen molar-refractivity contribution in [2.45, 2.75) is 32.9 Å². The van der Waals surface area contributed by atoms with Gasteiger partial charge in [-0.3, -0.25) is 0 Å². The van der Waals surface area contributed by atoms with Gasteiger partial charge in [0, 0.05) is 50.1 Å². The number of rotatable bonds is 10. The first-order chi connectivity index (χ1) is 10.1. The molecule has 0 saturated heterocycles. The molecule has 5 heteroatoms. The van der Waals surface area contributed by atoms with Gasteiger partial charge in [0.2, 0.25) is 0 Å². The number of nitrogens with zero attached hydrogens (tertiary/aromatic N) is 1. The first kappa shape index (κ1) is 18.2. The average molecular weight is 315 g/mol. The standard InChI is InChI=1S/C16H27ClN2O2/c1-13(2)19(8-4-9-20)16-6-5-15(17)11-14(16)12-18-7-10-21-3/h5-6,11,13,18,20H,4,7-10,12H2,1-3H3. The number of anilines is 1. The maximum absolute atomic E-state index is 9.08. The number of hydrogen-bond donors (Lipinski definition) is 2. The molecule has 1 aromatic rings. The van der Waals surface area contributed by atoms with Gasteiger partial charge in [-0.2, -0.15) is 0 Å². The zero-order valence-electron chi connectivity index (χ0n) is 13.2. The van der Waals surface area contributed by atoms with E-state index in [0.717, 1.165) is 31.1 Å². The Morgan fingerprint density at radius 2 is 2.14 bits per heavy atom. The van der Waals surface area contributed by atoms with Crippen LogP contribution in [0.1, 0.15) is 25.8 Å². The molecule has 1 rings (SSSR count). The third-order valence-electron chi connectivity index (χ3n) is 3.33. The Morgan fingerprint density at radius 1 is 1.38 bits per heavy atom. The molecule has 1 aromatic carbocycles. The molecule has 0 saturated carbocycles. The lowest BCUT2D eigenvalue weighted by Gasteiger charge is -2.31. The van der Waals surface area contributed by atoms with Crippen molar-refractivity contribution in [3.63, 3.8) is 0 Å². The Bertz CT molecular complexity index is 413. The summed E-state index contributed by atoms with van der Waals surface area (Å²) >= 11 is 6.13. The van der Waals surface area contributed by atoms with Gasteiger partial charge >= 0.3 is 0 Å². The molecule has 120 valence electrons. The van der Waals surface area contributed by atoms with Crippen LogP contribution in [0, 0.1) is 0 Å². The van der Waals surface area contributed by atoms with Gasteiger partial charge in [0.05, 0.1) is 6.61 Å². The Morgan fingerprint density at radius 3 is 2.76 bits per heavy atom. The van der Waals surface area contributed by atoms with E-state index in [4.69, 9.17) is 21.4 Å². The van der Waals surface area contributed by atoms with E-state index in [1.165, 1.54) is 11.3 Å². The van der Waals surface area contributed by atoms with Gasteiger partial charge in [0.25, 0.3) is 0 Å². The smallest absolute Gasteiger partial charge is 0.0587 e. The van der Waals surface area contributed by atoms with Gasteiger partial charge in [0.1, 0.15) is 0 Å². The third kappa shape index (κ3) is 6.22. The summed E-state index contributed by atoms with van der Waals surface area (Å²) in [6.07, 6.45) is 0.761. The summed E-state index contributed by atoms with van der Waals surface area (Å²) in [5, 5.41) is 13.2. The molecule has 0 amide bonds. The quantitative estimate of drug-likeness (QED) is 0.652. The predicted octanol–water partition coefficient (Wildman–Crippen LogP) is 2.67. The van der Waals surface area contributed by atoms with Crippen LogP contribution < -0.4 is 10.2 Å². The minimum Gasteiger partial charge on any atom is -0.396 e. The summed E-state index contributed by atoms with van der Waals surface area (Å²) in [5.41, 5.74) is 2.35. The summed E-state index contributed by atoms with van der Waals surface area (Å²) < 4.78 is 5.05. The highest BCUT2D eigenvalue weighted by molar-refractivity contribution is 6.30. The first-order valence-electron chi connectivity index (χ1n) is 7.45. The van der Waals surface area contributed by atoms with Gasteiger partial charge in [-0.25, -0.2) is 0 Å². The van der Waals surface area contributed by atoms with Gasteiger partial charge in [-0.1, -0.05) is 11.6 Å². The maximum atomic E-state index is 9.08. The number of aliphatic hydroxyl groups excluding tert-OH is 1. The zero-order valence-corrected chi connectivity index (χ0v) is 14.0. The maximum Gasteiger partial charge on any atom is 0.0587 e. The normalized spacial score (nSPS) is 11.1. The van der Waals surface area contributed by atoms with Gasteiger partial charge in [-0.05, 0) is 44.0 Å². The topological polar surface area (TPSA) is 44.7 Å².